The Morgan fingerprint density at radius 1 is 0.756 bits per heavy atom. The molecule has 4 aromatic rings. The molecule has 2 heterocycles. The number of fused-ring (bicyclic) bond motifs is 3. The van der Waals surface area contributed by atoms with Gasteiger partial charge in [-0.15, -0.1) is 0 Å². The van der Waals surface area contributed by atoms with E-state index < -0.39 is 18.3 Å². The maximum atomic E-state index is 6.55. The number of aromatic nitrogens is 1. The Morgan fingerprint density at radius 3 is 1.68 bits per heavy atom. The molecule has 0 bridgehead atoms. The summed E-state index contributed by atoms with van der Waals surface area (Å²) in [6, 6.07) is 18.1. The van der Waals surface area contributed by atoms with Gasteiger partial charge < -0.3 is 23.3 Å². The van der Waals surface area contributed by atoms with Crippen LogP contribution in [-0.4, -0.2) is 36.8 Å². The molecular weight excluding hydrogens is 509 g/mol. The zero-order valence-corrected chi connectivity index (χ0v) is 27.0. The lowest BCUT2D eigenvalue weighted by Gasteiger charge is -2.32. The highest BCUT2D eigenvalue weighted by Crippen LogP contribution is 2.41. The smallest absolute Gasteiger partial charge is 0.466 e. The number of aryl methyl sites for hydroxylation is 1. The van der Waals surface area contributed by atoms with E-state index in [1.54, 1.807) is 7.11 Å². The van der Waals surface area contributed by atoms with E-state index in [-0.39, 0.29) is 17.6 Å². The highest BCUT2D eigenvalue weighted by molar-refractivity contribution is 6.63. The third-order valence-corrected chi connectivity index (χ3v) is 8.81. The Morgan fingerprint density at radius 2 is 1.24 bits per heavy atom. The molecule has 0 spiro atoms. The van der Waals surface area contributed by atoms with Crippen molar-refractivity contribution in [3.63, 3.8) is 0 Å². The maximum absolute atomic E-state index is 6.55. The van der Waals surface area contributed by atoms with Crippen molar-refractivity contribution in [2.75, 3.05) is 13.9 Å². The molecule has 6 heteroatoms. The fourth-order valence-electron chi connectivity index (χ4n) is 5.58. The fraction of sp³-hybridized carbons (Fsp3) is 0.486. The average Bonchev–Trinajstić information content (AvgIpc) is 3.29. The first-order chi connectivity index (χ1) is 18.9. The summed E-state index contributed by atoms with van der Waals surface area (Å²) < 4.78 is 27.3. The Kier molecular flexibility index (Phi) is 7.16. The van der Waals surface area contributed by atoms with Crippen LogP contribution in [0, 0.1) is 6.92 Å². The van der Waals surface area contributed by atoms with Crippen LogP contribution in [0.5, 0.6) is 5.75 Å². The zero-order chi connectivity index (χ0) is 30.1. The minimum absolute atomic E-state index is 0.00187. The highest BCUT2D eigenvalue weighted by Gasteiger charge is 2.52. The van der Waals surface area contributed by atoms with Gasteiger partial charge in [0.2, 0.25) is 0 Å². The molecule has 1 saturated heterocycles. The van der Waals surface area contributed by atoms with Crippen LogP contribution in [0.4, 0.5) is 0 Å². The van der Waals surface area contributed by atoms with Gasteiger partial charge in [-0.05, 0) is 80.3 Å². The van der Waals surface area contributed by atoms with Crippen LogP contribution in [0.3, 0.4) is 0 Å². The summed E-state index contributed by atoms with van der Waals surface area (Å²) in [6.07, 6.45) is 0. The molecule has 1 aliphatic heterocycles. The normalized spacial score (nSPS) is 17.1. The highest BCUT2D eigenvalue weighted by atomic mass is 16.7. The Balaban J connectivity index is 1.88. The van der Waals surface area contributed by atoms with Gasteiger partial charge in [0.05, 0.1) is 27.9 Å². The Bertz CT molecular complexity index is 1530. The summed E-state index contributed by atoms with van der Waals surface area (Å²) >= 11 is 0. The van der Waals surface area contributed by atoms with E-state index in [2.05, 4.69) is 129 Å². The van der Waals surface area contributed by atoms with Crippen molar-refractivity contribution < 1.29 is 18.8 Å². The number of hydrogen-bond donors (Lipinski definition) is 0. The van der Waals surface area contributed by atoms with Crippen molar-refractivity contribution in [1.29, 1.82) is 0 Å². The summed E-state index contributed by atoms with van der Waals surface area (Å²) in [7, 11) is 1.07. The minimum atomic E-state index is -0.575. The molecule has 1 aliphatic rings. The number of hydrogen-bond acceptors (Lipinski definition) is 4. The van der Waals surface area contributed by atoms with Crippen molar-refractivity contribution in [3.8, 4) is 11.4 Å². The predicted octanol–water partition coefficient (Wildman–Crippen LogP) is 7.97. The van der Waals surface area contributed by atoms with Crippen LogP contribution in [0.15, 0.2) is 48.5 Å². The van der Waals surface area contributed by atoms with Gasteiger partial charge in [0, 0.05) is 23.3 Å². The van der Waals surface area contributed by atoms with Gasteiger partial charge in [-0.2, -0.15) is 0 Å². The molecule has 5 nitrogen and oxygen atoms in total. The Labute approximate surface area is 246 Å². The van der Waals surface area contributed by atoms with Gasteiger partial charge in [0.15, 0.2) is 6.79 Å². The van der Waals surface area contributed by atoms with Crippen LogP contribution < -0.4 is 10.2 Å². The summed E-state index contributed by atoms with van der Waals surface area (Å²) in [6.45, 7) is 24.1. The number of methoxy groups -OCH3 is 1. The van der Waals surface area contributed by atoms with Gasteiger partial charge in [-0.1, -0.05) is 71.9 Å². The van der Waals surface area contributed by atoms with Gasteiger partial charge >= 0.3 is 7.12 Å². The average molecular weight is 556 g/mol. The van der Waals surface area contributed by atoms with E-state index >= 15 is 0 Å². The standard InChI is InChI=1S/C35H46BNO4/c1-22-17-27(36-40-34(8,9)35(10,11)41-36)31(39-21-38-12)30(18-22)37-28-19-23(32(2,3)4)13-15-25(28)26-16-14-24(20-29(26)37)33(5,6)7/h13-20H,21H2,1-12H3. The second kappa shape index (κ2) is 9.89. The van der Waals surface area contributed by atoms with Crippen molar-refractivity contribution in [3.05, 3.63) is 65.2 Å². The maximum Gasteiger partial charge on any atom is 0.498 e. The molecule has 1 fully saturated rings. The summed E-state index contributed by atoms with van der Waals surface area (Å²) in [4.78, 5) is 0. The van der Waals surface area contributed by atoms with Crippen molar-refractivity contribution in [2.24, 2.45) is 0 Å². The van der Waals surface area contributed by atoms with Crippen molar-refractivity contribution >= 4 is 34.4 Å². The second-order valence-corrected chi connectivity index (χ2v) is 14.6. The number of ether oxygens (including phenoxy) is 2. The second-order valence-electron chi connectivity index (χ2n) is 14.6. The van der Waals surface area contributed by atoms with E-state index in [4.69, 9.17) is 18.8 Å². The molecule has 218 valence electrons. The van der Waals surface area contributed by atoms with E-state index in [1.165, 1.54) is 21.9 Å². The monoisotopic (exact) mass is 555 g/mol. The van der Waals surface area contributed by atoms with Gasteiger partial charge in [-0.3, -0.25) is 0 Å². The largest absolute Gasteiger partial charge is 0.498 e. The first kappa shape index (κ1) is 29.7. The third-order valence-electron chi connectivity index (χ3n) is 8.81. The third kappa shape index (κ3) is 5.20. The molecule has 5 rings (SSSR count). The lowest BCUT2D eigenvalue weighted by molar-refractivity contribution is 0.00578. The fourth-order valence-corrected chi connectivity index (χ4v) is 5.58. The first-order valence-corrected chi connectivity index (χ1v) is 14.7. The first-order valence-electron chi connectivity index (χ1n) is 14.7. The Hall–Kier alpha value is -2.80. The molecule has 0 aliphatic carbocycles. The molecule has 1 aromatic heterocycles. The predicted molar refractivity (Wildman–Crippen MR) is 171 cm³/mol. The van der Waals surface area contributed by atoms with Crippen LogP contribution >= 0.6 is 0 Å². The van der Waals surface area contributed by atoms with Gasteiger partial charge in [0.25, 0.3) is 0 Å². The topological polar surface area (TPSA) is 41.9 Å². The summed E-state index contributed by atoms with van der Waals surface area (Å²) in [5, 5.41) is 2.43. The molecule has 0 atom stereocenters. The van der Waals surface area contributed by atoms with E-state index in [0.29, 0.717) is 5.75 Å². The molecular formula is C35H46BNO4. The van der Waals surface area contributed by atoms with Crippen LogP contribution in [0.25, 0.3) is 27.5 Å². The number of nitrogens with zero attached hydrogens (tertiary/aromatic N) is 1. The van der Waals surface area contributed by atoms with Crippen molar-refractivity contribution in [2.45, 2.75) is 98.2 Å². The van der Waals surface area contributed by atoms with Crippen molar-refractivity contribution in [1.82, 2.24) is 4.57 Å². The molecule has 3 aromatic carbocycles. The number of benzene rings is 3. The summed E-state index contributed by atoms with van der Waals surface area (Å²) in [5.41, 5.74) is 6.82. The van der Waals surface area contributed by atoms with Crippen LogP contribution in [0.2, 0.25) is 0 Å². The molecule has 0 amide bonds. The van der Waals surface area contributed by atoms with Gasteiger partial charge in [0.1, 0.15) is 5.75 Å². The molecule has 0 saturated carbocycles. The lowest BCUT2D eigenvalue weighted by Crippen LogP contribution is -2.41. The SMILES string of the molecule is COCOc1c(B2OC(C)(C)C(C)(C)O2)cc(C)cc1-n1c2cc(C(C)(C)C)ccc2c2ccc(C(C)(C)C)cc21. The number of rotatable bonds is 5. The van der Waals surface area contributed by atoms with E-state index in [0.717, 1.165) is 27.7 Å². The van der Waals surface area contributed by atoms with Crippen LogP contribution in [-0.2, 0) is 24.9 Å². The van der Waals surface area contributed by atoms with E-state index in [1.807, 2.05) is 0 Å². The molecule has 41 heavy (non-hydrogen) atoms. The lowest BCUT2D eigenvalue weighted by atomic mass is 9.77. The quantitative estimate of drug-likeness (QED) is 0.185. The molecule has 0 N–H and O–H groups in total. The minimum Gasteiger partial charge on any atom is -0.466 e. The summed E-state index contributed by atoms with van der Waals surface area (Å²) in [5.74, 6) is 0.706. The zero-order valence-electron chi connectivity index (χ0n) is 27.0. The van der Waals surface area contributed by atoms with Gasteiger partial charge in [-0.25, -0.2) is 0 Å². The molecule has 0 radical (unpaired) electrons. The molecule has 0 unspecified atom stereocenters. The van der Waals surface area contributed by atoms with E-state index in [9.17, 15) is 0 Å². The van der Waals surface area contributed by atoms with Crippen LogP contribution in [0.1, 0.15) is 85.9 Å².